The molecular formula is C12H10N4O2. The quantitative estimate of drug-likeness (QED) is 0.636. The number of rotatable bonds is 4. The Morgan fingerprint density at radius 1 is 1.56 bits per heavy atom. The fraction of sp³-hybridized carbons (Fsp3) is 0.167. The van der Waals surface area contributed by atoms with Crippen molar-refractivity contribution in [2.45, 2.75) is 6.92 Å². The Morgan fingerprint density at radius 3 is 2.89 bits per heavy atom. The van der Waals surface area contributed by atoms with E-state index in [1.165, 1.54) is 12.4 Å². The monoisotopic (exact) mass is 242 g/mol. The van der Waals surface area contributed by atoms with Gasteiger partial charge in [0.05, 0.1) is 6.61 Å². The van der Waals surface area contributed by atoms with Gasteiger partial charge in [-0.05, 0) is 19.1 Å². The van der Waals surface area contributed by atoms with Gasteiger partial charge in [-0.1, -0.05) is 0 Å². The predicted octanol–water partition coefficient (Wildman–Crippen LogP) is 1.60. The molecule has 0 spiro atoms. The number of carbonyl (C=O) groups is 1. The first-order valence-electron chi connectivity index (χ1n) is 5.12. The van der Waals surface area contributed by atoms with Crippen LogP contribution >= 0.6 is 0 Å². The van der Waals surface area contributed by atoms with E-state index in [0.717, 1.165) is 0 Å². The smallest absolute Gasteiger partial charge is 0.341 e. The van der Waals surface area contributed by atoms with Crippen molar-refractivity contribution in [1.82, 2.24) is 4.98 Å². The largest absolute Gasteiger partial charge is 0.462 e. The van der Waals surface area contributed by atoms with Crippen LogP contribution < -0.4 is 5.32 Å². The molecule has 1 aromatic heterocycles. The number of anilines is 1. The molecule has 1 rings (SSSR count). The van der Waals surface area contributed by atoms with E-state index in [2.05, 4.69) is 10.3 Å². The molecule has 0 bridgehead atoms. The van der Waals surface area contributed by atoms with Crippen molar-refractivity contribution in [2.24, 2.45) is 0 Å². The maximum Gasteiger partial charge on any atom is 0.341 e. The van der Waals surface area contributed by atoms with Gasteiger partial charge in [-0.15, -0.1) is 0 Å². The van der Waals surface area contributed by atoms with Crippen LogP contribution in [0.4, 0.5) is 5.82 Å². The normalized spacial score (nSPS) is 8.61. The van der Waals surface area contributed by atoms with Gasteiger partial charge in [0.15, 0.2) is 0 Å². The molecule has 18 heavy (non-hydrogen) atoms. The van der Waals surface area contributed by atoms with Crippen LogP contribution in [-0.4, -0.2) is 17.6 Å². The molecule has 0 saturated heterocycles. The average Bonchev–Trinajstić information content (AvgIpc) is 2.40. The first-order chi connectivity index (χ1) is 8.72. The molecule has 6 nitrogen and oxygen atoms in total. The molecule has 0 unspecified atom stereocenters. The molecule has 0 aliphatic rings. The molecule has 0 aromatic carbocycles. The number of carbonyl (C=O) groups excluding carboxylic acids is 1. The van der Waals surface area contributed by atoms with E-state index in [1.54, 1.807) is 31.2 Å². The van der Waals surface area contributed by atoms with Crippen molar-refractivity contribution in [1.29, 1.82) is 10.5 Å². The molecule has 6 heteroatoms. The first-order valence-corrected chi connectivity index (χ1v) is 5.12. The molecule has 0 aliphatic heterocycles. The molecule has 1 heterocycles. The van der Waals surface area contributed by atoms with Gasteiger partial charge in [-0.25, -0.2) is 9.78 Å². The number of aromatic nitrogens is 1. The van der Waals surface area contributed by atoms with E-state index >= 15 is 0 Å². The molecule has 1 aromatic rings. The third kappa shape index (κ3) is 3.32. The molecule has 0 fully saturated rings. The second-order valence-corrected chi connectivity index (χ2v) is 3.05. The third-order valence-electron chi connectivity index (χ3n) is 1.90. The van der Waals surface area contributed by atoms with Crippen molar-refractivity contribution in [3.8, 4) is 12.1 Å². The van der Waals surface area contributed by atoms with Crippen molar-refractivity contribution < 1.29 is 9.53 Å². The molecule has 0 saturated carbocycles. The Hall–Kier alpha value is -2.86. The SMILES string of the molecule is CCOC(=O)c1cccnc1NC=C(C#N)C#N. The summed E-state index contributed by atoms with van der Waals surface area (Å²) in [5.41, 5.74) is 0.126. The summed E-state index contributed by atoms with van der Waals surface area (Å²) in [7, 11) is 0. The fourth-order valence-corrected chi connectivity index (χ4v) is 1.12. The molecule has 0 amide bonds. The topological polar surface area (TPSA) is 98.8 Å². The summed E-state index contributed by atoms with van der Waals surface area (Å²) in [6.45, 7) is 1.95. The van der Waals surface area contributed by atoms with Crippen LogP contribution in [0, 0.1) is 22.7 Å². The first kappa shape index (κ1) is 13.2. The molecule has 1 N–H and O–H groups in total. The molecule has 0 aliphatic carbocycles. The Morgan fingerprint density at radius 2 is 2.28 bits per heavy atom. The highest BCUT2D eigenvalue weighted by Gasteiger charge is 2.12. The highest BCUT2D eigenvalue weighted by Crippen LogP contribution is 2.13. The number of hydrogen-bond donors (Lipinski definition) is 1. The number of allylic oxidation sites excluding steroid dienone is 1. The van der Waals surface area contributed by atoms with E-state index in [4.69, 9.17) is 15.3 Å². The van der Waals surface area contributed by atoms with Crippen LogP contribution in [0.15, 0.2) is 30.1 Å². The summed E-state index contributed by atoms with van der Waals surface area (Å²) in [5.74, 6) is -0.282. The van der Waals surface area contributed by atoms with Gasteiger partial charge in [0.25, 0.3) is 0 Å². The Labute approximate surface area is 104 Å². The number of nitriles is 2. The minimum atomic E-state index is -0.517. The van der Waals surface area contributed by atoms with Gasteiger partial charge in [0.2, 0.25) is 0 Å². The lowest BCUT2D eigenvalue weighted by Gasteiger charge is -2.06. The fourth-order valence-electron chi connectivity index (χ4n) is 1.12. The Bertz CT molecular complexity index is 536. The lowest BCUT2D eigenvalue weighted by Crippen LogP contribution is -2.09. The lowest BCUT2D eigenvalue weighted by molar-refractivity contribution is 0.0527. The highest BCUT2D eigenvalue weighted by molar-refractivity contribution is 5.94. The number of nitrogens with one attached hydrogen (secondary N) is 1. The minimum absolute atomic E-state index is 0.115. The van der Waals surface area contributed by atoms with Crippen LogP contribution in [-0.2, 0) is 4.74 Å². The summed E-state index contributed by atoms with van der Waals surface area (Å²) < 4.78 is 4.86. The van der Waals surface area contributed by atoms with E-state index < -0.39 is 5.97 Å². The highest BCUT2D eigenvalue weighted by atomic mass is 16.5. The van der Waals surface area contributed by atoms with Crippen molar-refractivity contribution in [3.05, 3.63) is 35.7 Å². The summed E-state index contributed by atoms with van der Waals surface area (Å²) in [6, 6.07) is 6.51. The second-order valence-electron chi connectivity index (χ2n) is 3.05. The van der Waals surface area contributed by atoms with Crippen LogP contribution in [0.5, 0.6) is 0 Å². The maximum atomic E-state index is 11.6. The number of hydrogen-bond acceptors (Lipinski definition) is 6. The zero-order valence-electron chi connectivity index (χ0n) is 9.67. The summed E-state index contributed by atoms with van der Waals surface area (Å²) >= 11 is 0. The van der Waals surface area contributed by atoms with Gasteiger partial charge in [0, 0.05) is 12.4 Å². The van der Waals surface area contributed by atoms with Gasteiger partial charge >= 0.3 is 5.97 Å². The third-order valence-corrected chi connectivity index (χ3v) is 1.90. The maximum absolute atomic E-state index is 11.6. The van der Waals surface area contributed by atoms with Crippen molar-refractivity contribution in [2.75, 3.05) is 11.9 Å². The van der Waals surface area contributed by atoms with E-state index in [-0.39, 0.29) is 23.6 Å². The molecule has 0 radical (unpaired) electrons. The summed E-state index contributed by atoms with van der Waals surface area (Å²) in [5, 5.41) is 19.8. The van der Waals surface area contributed by atoms with Crippen LogP contribution in [0.2, 0.25) is 0 Å². The van der Waals surface area contributed by atoms with Crippen molar-refractivity contribution in [3.63, 3.8) is 0 Å². The van der Waals surface area contributed by atoms with Crippen LogP contribution in [0.1, 0.15) is 17.3 Å². The number of ether oxygens (including phenoxy) is 1. The van der Waals surface area contributed by atoms with E-state index in [9.17, 15) is 4.79 Å². The summed E-state index contributed by atoms with van der Waals surface area (Å²) in [4.78, 5) is 15.5. The van der Waals surface area contributed by atoms with E-state index in [1.807, 2.05) is 0 Å². The number of nitrogens with zero attached hydrogens (tertiary/aromatic N) is 3. The lowest BCUT2D eigenvalue weighted by atomic mass is 10.2. The predicted molar refractivity (Wildman–Crippen MR) is 63.1 cm³/mol. The van der Waals surface area contributed by atoms with Gasteiger partial charge in [0.1, 0.15) is 29.1 Å². The van der Waals surface area contributed by atoms with Crippen LogP contribution in [0.25, 0.3) is 0 Å². The van der Waals surface area contributed by atoms with Gasteiger partial charge in [-0.2, -0.15) is 10.5 Å². The standard InChI is InChI=1S/C12H10N4O2/c1-2-18-12(17)10-4-3-5-15-11(10)16-8-9(6-13)7-14/h3-5,8H,2H2,1H3,(H,15,16). The Balaban J connectivity index is 2.97. The summed E-state index contributed by atoms with van der Waals surface area (Å²) in [6.07, 6.45) is 2.67. The van der Waals surface area contributed by atoms with Crippen LogP contribution in [0.3, 0.4) is 0 Å². The number of esters is 1. The molecule has 0 atom stereocenters. The van der Waals surface area contributed by atoms with Crippen molar-refractivity contribution >= 4 is 11.8 Å². The average molecular weight is 242 g/mol. The molecular weight excluding hydrogens is 232 g/mol. The zero-order valence-corrected chi connectivity index (χ0v) is 9.67. The molecule has 90 valence electrons. The van der Waals surface area contributed by atoms with E-state index in [0.29, 0.717) is 0 Å². The zero-order chi connectivity index (χ0) is 13.4. The van der Waals surface area contributed by atoms with Gasteiger partial charge in [-0.3, -0.25) is 0 Å². The van der Waals surface area contributed by atoms with Gasteiger partial charge < -0.3 is 10.1 Å². The Kier molecular flexibility index (Phi) is 4.89. The second kappa shape index (κ2) is 6.66. The number of pyridine rings is 1. The minimum Gasteiger partial charge on any atom is -0.462 e.